The van der Waals surface area contributed by atoms with Gasteiger partial charge in [0.15, 0.2) is 6.54 Å². The van der Waals surface area contributed by atoms with Crippen LogP contribution in [0.4, 0.5) is 0 Å². The molecule has 1 saturated carbocycles. The molecule has 3 atom stereocenters. The summed E-state index contributed by atoms with van der Waals surface area (Å²) in [5.41, 5.74) is 0. The molecule has 2 aliphatic rings. The lowest BCUT2D eigenvalue weighted by molar-refractivity contribution is -0.900. The van der Waals surface area contributed by atoms with E-state index in [0.717, 1.165) is 32.7 Å². The number of hydrogen-bond donors (Lipinski definition) is 1. The third-order valence-electron chi connectivity index (χ3n) is 4.84. The minimum Gasteiger partial charge on any atom is -0.458 e. The predicted octanol–water partition coefficient (Wildman–Crippen LogP) is 0.906. The fourth-order valence-electron chi connectivity index (χ4n) is 3.50. The molecule has 1 N–H and O–H groups in total. The Kier molecular flexibility index (Phi) is 5.85. The van der Waals surface area contributed by atoms with E-state index in [1.807, 2.05) is 0 Å². The highest BCUT2D eigenvalue weighted by molar-refractivity contribution is 5.70. The third kappa shape index (κ3) is 4.45. The van der Waals surface area contributed by atoms with E-state index >= 15 is 0 Å². The Morgan fingerprint density at radius 3 is 2.65 bits per heavy atom. The fraction of sp³-hybridized carbons (Fsp3) is 0.938. The Labute approximate surface area is 122 Å². The molecule has 1 aliphatic carbocycles. The summed E-state index contributed by atoms with van der Waals surface area (Å²) in [6.07, 6.45) is 3.63. The van der Waals surface area contributed by atoms with Crippen molar-refractivity contribution in [2.45, 2.75) is 46.1 Å². The van der Waals surface area contributed by atoms with Crippen molar-refractivity contribution in [1.82, 2.24) is 0 Å². The van der Waals surface area contributed by atoms with Gasteiger partial charge < -0.3 is 14.4 Å². The number of hydrogen-bond acceptors (Lipinski definition) is 3. The number of morpholine rings is 1. The zero-order valence-electron chi connectivity index (χ0n) is 13.2. The minimum atomic E-state index is -0.0216. The number of esters is 1. The van der Waals surface area contributed by atoms with E-state index in [2.05, 4.69) is 20.8 Å². The summed E-state index contributed by atoms with van der Waals surface area (Å²) < 4.78 is 11.2. The van der Waals surface area contributed by atoms with Gasteiger partial charge in [-0.05, 0) is 30.6 Å². The highest BCUT2D eigenvalue weighted by Crippen LogP contribution is 2.35. The Bertz CT molecular complexity index is 313. The second-order valence-electron chi connectivity index (χ2n) is 6.89. The first-order valence-electron chi connectivity index (χ1n) is 8.17. The average Bonchev–Trinajstić information content (AvgIpc) is 2.39. The molecule has 0 radical (unpaired) electrons. The molecule has 4 nitrogen and oxygen atoms in total. The molecular weight excluding hydrogens is 254 g/mol. The SMILES string of the molecule is CC(C)[C@@H]1CC[C@H](C)C[C@H]1OC(=O)C[NH+]1CCOCC1. The van der Waals surface area contributed by atoms with Crippen molar-refractivity contribution >= 4 is 5.97 Å². The zero-order chi connectivity index (χ0) is 14.5. The molecule has 0 aromatic carbocycles. The lowest BCUT2D eigenvalue weighted by Gasteiger charge is -2.36. The van der Waals surface area contributed by atoms with Crippen LogP contribution in [0.5, 0.6) is 0 Å². The average molecular weight is 284 g/mol. The van der Waals surface area contributed by atoms with E-state index in [4.69, 9.17) is 9.47 Å². The van der Waals surface area contributed by atoms with Crippen LogP contribution in [-0.2, 0) is 14.3 Å². The van der Waals surface area contributed by atoms with Crippen molar-refractivity contribution in [2.24, 2.45) is 17.8 Å². The molecule has 4 heteroatoms. The standard InChI is InChI=1S/C16H29NO3/c1-12(2)14-5-4-13(3)10-15(14)20-16(18)11-17-6-8-19-9-7-17/h12-15H,4-11H2,1-3H3/p+1/t13-,14-,15+/m0/s1. The fourth-order valence-corrected chi connectivity index (χ4v) is 3.50. The minimum absolute atomic E-state index is 0.0216. The second-order valence-corrected chi connectivity index (χ2v) is 6.89. The van der Waals surface area contributed by atoms with Crippen LogP contribution in [0.3, 0.4) is 0 Å². The first-order chi connectivity index (χ1) is 9.56. The summed E-state index contributed by atoms with van der Waals surface area (Å²) >= 11 is 0. The number of nitrogens with one attached hydrogen (secondary N) is 1. The van der Waals surface area contributed by atoms with Crippen LogP contribution in [0.15, 0.2) is 0 Å². The van der Waals surface area contributed by atoms with Crippen LogP contribution >= 0.6 is 0 Å². The molecule has 2 rings (SSSR count). The first kappa shape index (κ1) is 15.8. The van der Waals surface area contributed by atoms with Crippen molar-refractivity contribution in [3.05, 3.63) is 0 Å². The van der Waals surface area contributed by atoms with Crippen LogP contribution < -0.4 is 4.90 Å². The molecule has 2 fully saturated rings. The smallest absolute Gasteiger partial charge is 0.361 e. The number of carbonyl (C=O) groups excluding carboxylic acids is 1. The lowest BCUT2D eigenvalue weighted by atomic mass is 9.75. The Hall–Kier alpha value is -0.610. The predicted molar refractivity (Wildman–Crippen MR) is 77.6 cm³/mol. The largest absolute Gasteiger partial charge is 0.458 e. The van der Waals surface area contributed by atoms with Crippen LogP contribution in [0, 0.1) is 17.8 Å². The number of rotatable bonds is 4. The molecule has 1 saturated heterocycles. The normalized spacial score (nSPS) is 32.3. The van der Waals surface area contributed by atoms with E-state index in [0.29, 0.717) is 24.3 Å². The van der Waals surface area contributed by atoms with Gasteiger partial charge in [-0.25, -0.2) is 4.79 Å². The van der Waals surface area contributed by atoms with Crippen molar-refractivity contribution < 1.29 is 19.2 Å². The molecule has 0 aromatic heterocycles. The third-order valence-corrected chi connectivity index (χ3v) is 4.84. The molecule has 0 unspecified atom stereocenters. The highest BCUT2D eigenvalue weighted by Gasteiger charge is 2.34. The summed E-state index contributed by atoms with van der Waals surface area (Å²) in [6, 6.07) is 0. The lowest BCUT2D eigenvalue weighted by Crippen LogP contribution is -3.15. The van der Waals surface area contributed by atoms with E-state index in [1.54, 1.807) is 0 Å². The Morgan fingerprint density at radius 1 is 1.30 bits per heavy atom. The Balaban J connectivity index is 1.83. The molecule has 0 bridgehead atoms. The van der Waals surface area contributed by atoms with Gasteiger partial charge in [0.1, 0.15) is 19.2 Å². The van der Waals surface area contributed by atoms with Crippen LogP contribution in [-0.4, -0.2) is 44.9 Å². The monoisotopic (exact) mass is 284 g/mol. The summed E-state index contributed by atoms with van der Waals surface area (Å²) in [4.78, 5) is 13.5. The van der Waals surface area contributed by atoms with Gasteiger partial charge in [0.25, 0.3) is 0 Å². The van der Waals surface area contributed by atoms with Gasteiger partial charge in [-0.1, -0.05) is 27.2 Å². The molecular formula is C16H30NO3+. The van der Waals surface area contributed by atoms with Gasteiger partial charge in [-0.3, -0.25) is 0 Å². The van der Waals surface area contributed by atoms with E-state index < -0.39 is 0 Å². The number of carbonyl (C=O) groups is 1. The van der Waals surface area contributed by atoms with E-state index in [9.17, 15) is 4.79 Å². The maximum absolute atomic E-state index is 12.2. The van der Waals surface area contributed by atoms with Crippen molar-refractivity contribution in [3.63, 3.8) is 0 Å². The van der Waals surface area contributed by atoms with Crippen LogP contribution in [0.2, 0.25) is 0 Å². The van der Waals surface area contributed by atoms with Crippen molar-refractivity contribution in [3.8, 4) is 0 Å². The molecule has 0 aromatic rings. The van der Waals surface area contributed by atoms with Crippen LogP contribution in [0.1, 0.15) is 40.0 Å². The molecule has 116 valence electrons. The van der Waals surface area contributed by atoms with Gasteiger partial charge in [-0.15, -0.1) is 0 Å². The maximum atomic E-state index is 12.2. The van der Waals surface area contributed by atoms with Crippen LogP contribution in [0.25, 0.3) is 0 Å². The summed E-state index contributed by atoms with van der Waals surface area (Å²) in [5, 5.41) is 0. The summed E-state index contributed by atoms with van der Waals surface area (Å²) in [5.74, 6) is 1.79. The molecule has 1 aliphatic heterocycles. The van der Waals surface area contributed by atoms with E-state index in [1.165, 1.54) is 17.7 Å². The van der Waals surface area contributed by atoms with Crippen molar-refractivity contribution in [2.75, 3.05) is 32.8 Å². The van der Waals surface area contributed by atoms with Gasteiger partial charge in [-0.2, -0.15) is 0 Å². The summed E-state index contributed by atoms with van der Waals surface area (Å²) in [7, 11) is 0. The molecule has 1 heterocycles. The van der Waals surface area contributed by atoms with Crippen molar-refractivity contribution in [1.29, 1.82) is 0 Å². The number of quaternary nitrogens is 1. The Morgan fingerprint density at radius 2 is 2.00 bits per heavy atom. The second kappa shape index (κ2) is 7.41. The molecule has 0 amide bonds. The quantitative estimate of drug-likeness (QED) is 0.780. The topological polar surface area (TPSA) is 40.0 Å². The first-order valence-corrected chi connectivity index (χ1v) is 8.17. The summed E-state index contributed by atoms with van der Waals surface area (Å²) in [6.45, 7) is 10.6. The van der Waals surface area contributed by atoms with Gasteiger partial charge in [0.05, 0.1) is 13.2 Å². The van der Waals surface area contributed by atoms with Gasteiger partial charge in [0, 0.05) is 0 Å². The zero-order valence-corrected chi connectivity index (χ0v) is 13.2. The molecule has 20 heavy (non-hydrogen) atoms. The highest BCUT2D eigenvalue weighted by atomic mass is 16.5. The van der Waals surface area contributed by atoms with E-state index in [-0.39, 0.29) is 12.1 Å². The molecule has 0 spiro atoms. The van der Waals surface area contributed by atoms with Gasteiger partial charge >= 0.3 is 5.97 Å². The maximum Gasteiger partial charge on any atom is 0.361 e. The number of ether oxygens (including phenoxy) is 2. The van der Waals surface area contributed by atoms with Gasteiger partial charge in [0.2, 0.25) is 0 Å².